The predicted octanol–water partition coefficient (Wildman–Crippen LogP) is 1.69. The third-order valence-electron chi connectivity index (χ3n) is 3.67. The van der Waals surface area contributed by atoms with Gasteiger partial charge in [0.05, 0.1) is 6.54 Å². The molecule has 0 atom stereocenters. The minimum absolute atomic E-state index is 0.0972. The molecule has 0 aliphatic heterocycles. The van der Waals surface area contributed by atoms with Crippen LogP contribution in [0, 0.1) is 5.92 Å². The van der Waals surface area contributed by atoms with Gasteiger partial charge in [-0.2, -0.15) is 0 Å². The lowest BCUT2D eigenvalue weighted by Gasteiger charge is -2.14. The maximum atomic E-state index is 12.0. The number of nitrogens with one attached hydrogen (secondary N) is 2. The van der Waals surface area contributed by atoms with Crippen LogP contribution in [0.2, 0.25) is 0 Å². The number of nitrogens with zero attached hydrogens (tertiary/aromatic N) is 2. The Morgan fingerprint density at radius 3 is 2.90 bits per heavy atom. The van der Waals surface area contributed by atoms with Crippen LogP contribution in [-0.4, -0.2) is 28.0 Å². The van der Waals surface area contributed by atoms with E-state index in [1.807, 2.05) is 10.8 Å². The van der Waals surface area contributed by atoms with Gasteiger partial charge in [-0.3, -0.25) is 4.79 Å². The van der Waals surface area contributed by atoms with E-state index in [2.05, 4.69) is 29.5 Å². The first-order valence-electron chi connectivity index (χ1n) is 7.65. The van der Waals surface area contributed by atoms with Crippen LogP contribution >= 0.6 is 0 Å². The number of amides is 1. The average Bonchev–Trinajstić information content (AvgIpc) is 3.01. The molecule has 20 heavy (non-hydrogen) atoms. The van der Waals surface area contributed by atoms with Crippen LogP contribution in [0.25, 0.3) is 0 Å². The van der Waals surface area contributed by atoms with Crippen molar-refractivity contribution >= 4 is 5.91 Å². The van der Waals surface area contributed by atoms with E-state index < -0.39 is 0 Å². The maximum absolute atomic E-state index is 12.0. The first kappa shape index (κ1) is 15.0. The van der Waals surface area contributed by atoms with E-state index >= 15 is 0 Å². The average molecular weight is 278 g/mol. The van der Waals surface area contributed by atoms with Crippen LogP contribution < -0.4 is 10.6 Å². The van der Waals surface area contributed by atoms with Crippen molar-refractivity contribution < 1.29 is 4.79 Å². The molecule has 1 amide bonds. The Bertz CT molecular complexity index is 421. The molecule has 1 aromatic rings. The second kappa shape index (κ2) is 7.43. The molecule has 1 fully saturated rings. The molecule has 2 N–H and O–H groups in total. The Morgan fingerprint density at radius 2 is 2.20 bits per heavy atom. The van der Waals surface area contributed by atoms with Gasteiger partial charge in [-0.25, -0.2) is 4.98 Å². The fourth-order valence-electron chi connectivity index (χ4n) is 2.62. The van der Waals surface area contributed by atoms with Gasteiger partial charge in [0.2, 0.25) is 5.91 Å². The van der Waals surface area contributed by atoms with Crippen LogP contribution in [-0.2, 0) is 17.9 Å². The summed E-state index contributed by atoms with van der Waals surface area (Å²) < 4.78 is 1.93. The monoisotopic (exact) mass is 278 g/mol. The standard InChI is InChI=1S/C15H26N4O/c1-12(2)9-16-10-14-17-7-8-19(14)11-15(20)18-13-5-3-4-6-13/h7-8,12-13,16H,3-6,9-11H2,1-2H3,(H,18,20). The molecule has 112 valence electrons. The number of hydrogen-bond acceptors (Lipinski definition) is 3. The Kier molecular flexibility index (Phi) is 5.59. The summed E-state index contributed by atoms with van der Waals surface area (Å²) in [6.07, 6.45) is 8.35. The fraction of sp³-hybridized carbons (Fsp3) is 0.733. The zero-order valence-electron chi connectivity index (χ0n) is 12.6. The zero-order chi connectivity index (χ0) is 14.4. The molecule has 0 unspecified atom stereocenters. The van der Waals surface area contributed by atoms with Crippen LogP contribution in [0.3, 0.4) is 0 Å². The molecule has 1 heterocycles. The summed E-state index contributed by atoms with van der Waals surface area (Å²) in [6, 6.07) is 0.383. The van der Waals surface area contributed by atoms with Crippen molar-refractivity contribution in [3.8, 4) is 0 Å². The molecule has 1 aliphatic carbocycles. The maximum Gasteiger partial charge on any atom is 0.240 e. The van der Waals surface area contributed by atoms with Crippen molar-refractivity contribution in [3.63, 3.8) is 0 Å². The van der Waals surface area contributed by atoms with Crippen LogP contribution in [0.15, 0.2) is 12.4 Å². The van der Waals surface area contributed by atoms with Gasteiger partial charge in [-0.1, -0.05) is 26.7 Å². The van der Waals surface area contributed by atoms with Gasteiger partial charge in [0.1, 0.15) is 12.4 Å². The molecular formula is C15H26N4O. The largest absolute Gasteiger partial charge is 0.352 e. The Labute approximate surface area is 121 Å². The number of hydrogen-bond donors (Lipinski definition) is 2. The molecule has 5 nitrogen and oxygen atoms in total. The van der Waals surface area contributed by atoms with Gasteiger partial charge in [-0.15, -0.1) is 0 Å². The van der Waals surface area contributed by atoms with Crippen molar-refractivity contribution in [3.05, 3.63) is 18.2 Å². The molecule has 1 aliphatic rings. The van der Waals surface area contributed by atoms with E-state index in [1.54, 1.807) is 6.20 Å². The van der Waals surface area contributed by atoms with Gasteiger partial charge in [0.15, 0.2) is 0 Å². The Morgan fingerprint density at radius 1 is 1.45 bits per heavy atom. The highest BCUT2D eigenvalue weighted by Crippen LogP contribution is 2.17. The zero-order valence-corrected chi connectivity index (χ0v) is 12.6. The van der Waals surface area contributed by atoms with Gasteiger partial charge < -0.3 is 15.2 Å². The Balaban J connectivity index is 1.79. The smallest absolute Gasteiger partial charge is 0.240 e. The van der Waals surface area contributed by atoms with E-state index in [4.69, 9.17) is 0 Å². The van der Waals surface area contributed by atoms with Crippen LogP contribution in [0.4, 0.5) is 0 Å². The third-order valence-corrected chi connectivity index (χ3v) is 3.67. The molecule has 1 saturated carbocycles. The molecule has 5 heteroatoms. The first-order chi connectivity index (χ1) is 9.65. The highest BCUT2D eigenvalue weighted by atomic mass is 16.2. The van der Waals surface area contributed by atoms with Crippen LogP contribution in [0.5, 0.6) is 0 Å². The highest BCUT2D eigenvalue weighted by Gasteiger charge is 2.17. The third kappa shape index (κ3) is 4.63. The lowest BCUT2D eigenvalue weighted by molar-refractivity contribution is -0.122. The molecule has 0 saturated heterocycles. The minimum Gasteiger partial charge on any atom is -0.352 e. The quantitative estimate of drug-likeness (QED) is 0.798. The van der Waals surface area contributed by atoms with Crippen molar-refractivity contribution in [2.75, 3.05) is 6.54 Å². The first-order valence-corrected chi connectivity index (χ1v) is 7.65. The summed E-state index contributed by atoms with van der Waals surface area (Å²) in [5.74, 6) is 1.64. The predicted molar refractivity (Wildman–Crippen MR) is 79.2 cm³/mol. The summed E-state index contributed by atoms with van der Waals surface area (Å²) in [5.41, 5.74) is 0. The molecule has 2 rings (SSSR count). The van der Waals surface area contributed by atoms with Crippen molar-refractivity contribution in [2.24, 2.45) is 5.92 Å². The topological polar surface area (TPSA) is 59.0 Å². The van der Waals surface area contributed by atoms with E-state index in [9.17, 15) is 4.79 Å². The SMILES string of the molecule is CC(C)CNCc1nccn1CC(=O)NC1CCCC1. The molecule has 0 radical (unpaired) electrons. The molecule has 1 aromatic heterocycles. The second-order valence-electron chi connectivity index (χ2n) is 6.05. The summed E-state index contributed by atoms with van der Waals surface area (Å²) >= 11 is 0. The van der Waals surface area contributed by atoms with E-state index in [0.29, 0.717) is 25.0 Å². The van der Waals surface area contributed by atoms with Crippen molar-refractivity contribution in [1.29, 1.82) is 0 Å². The van der Waals surface area contributed by atoms with E-state index in [0.717, 1.165) is 25.2 Å². The summed E-state index contributed by atoms with van der Waals surface area (Å²) in [5, 5.41) is 6.47. The summed E-state index contributed by atoms with van der Waals surface area (Å²) in [7, 11) is 0. The van der Waals surface area contributed by atoms with Crippen molar-refractivity contribution in [2.45, 2.75) is 58.7 Å². The lowest BCUT2D eigenvalue weighted by Crippen LogP contribution is -2.35. The molecule has 0 aromatic carbocycles. The number of rotatable bonds is 7. The molecule has 0 bridgehead atoms. The molecular weight excluding hydrogens is 252 g/mol. The number of carbonyl (C=O) groups excluding carboxylic acids is 1. The Hall–Kier alpha value is -1.36. The summed E-state index contributed by atoms with van der Waals surface area (Å²) in [4.78, 5) is 16.3. The van der Waals surface area contributed by atoms with Gasteiger partial charge in [0, 0.05) is 18.4 Å². The minimum atomic E-state index is 0.0972. The lowest BCUT2D eigenvalue weighted by atomic mass is 10.2. The molecule has 0 spiro atoms. The second-order valence-corrected chi connectivity index (χ2v) is 6.05. The van der Waals surface area contributed by atoms with Crippen molar-refractivity contribution in [1.82, 2.24) is 20.2 Å². The number of aromatic nitrogens is 2. The van der Waals surface area contributed by atoms with E-state index in [1.165, 1.54) is 12.8 Å². The van der Waals surface area contributed by atoms with Gasteiger partial charge in [0.25, 0.3) is 0 Å². The van der Waals surface area contributed by atoms with Gasteiger partial charge in [-0.05, 0) is 25.3 Å². The van der Waals surface area contributed by atoms with Gasteiger partial charge >= 0.3 is 0 Å². The number of carbonyl (C=O) groups is 1. The summed E-state index contributed by atoms with van der Waals surface area (Å²) in [6.45, 7) is 6.39. The van der Waals surface area contributed by atoms with E-state index in [-0.39, 0.29) is 5.91 Å². The number of imidazole rings is 1. The fourth-order valence-corrected chi connectivity index (χ4v) is 2.62. The normalized spacial score (nSPS) is 15.9. The highest BCUT2D eigenvalue weighted by molar-refractivity contribution is 5.76. The van der Waals surface area contributed by atoms with Crippen LogP contribution in [0.1, 0.15) is 45.4 Å².